The van der Waals surface area contributed by atoms with E-state index in [2.05, 4.69) is 15.3 Å². The Hall–Kier alpha value is -2.81. The molecule has 1 aliphatic heterocycles. The largest absolute Gasteiger partial charge is 0.490 e. The molecule has 0 saturated heterocycles. The zero-order chi connectivity index (χ0) is 23.2. The maximum Gasteiger partial charge on any atom is 0.252 e. The Morgan fingerprint density at radius 3 is 2.85 bits per heavy atom. The van der Waals surface area contributed by atoms with Gasteiger partial charge in [-0.1, -0.05) is 11.6 Å². The Labute approximate surface area is 196 Å². The number of aliphatic hydroxyl groups is 1. The van der Waals surface area contributed by atoms with Crippen LogP contribution in [0.25, 0.3) is 11.0 Å². The molecule has 0 radical (unpaired) electrons. The summed E-state index contributed by atoms with van der Waals surface area (Å²) in [7, 11) is 1.53. The van der Waals surface area contributed by atoms with Gasteiger partial charge in [0.25, 0.3) is 5.91 Å². The molecular weight excluding hydrogens is 444 g/mol. The second kappa shape index (κ2) is 8.52. The smallest absolute Gasteiger partial charge is 0.252 e. The zero-order valence-corrected chi connectivity index (χ0v) is 19.4. The molecule has 0 spiro atoms. The van der Waals surface area contributed by atoms with E-state index in [4.69, 9.17) is 21.1 Å². The second-order valence-corrected chi connectivity index (χ2v) is 9.28. The van der Waals surface area contributed by atoms with Crippen molar-refractivity contribution < 1.29 is 19.4 Å². The van der Waals surface area contributed by atoms with Crippen LogP contribution >= 0.6 is 11.6 Å². The molecule has 3 N–H and O–H groups in total. The van der Waals surface area contributed by atoms with Gasteiger partial charge in [-0.3, -0.25) is 4.79 Å². The van der Waals surface area contributed by atoms with E-state index in [1.54, 1.807) is 36.4 Å². The van der Waals surface area contributed by atoms with Gasteiger partial charge in [-0.15, -0.1) is 0 Å². The van der Waals surface area contributed by atoms with Crippen LogP contribution in [0.4, 0.5) is 11.4 Å². The Balaban J connectivity index is 1.58. The molecule has 3 heterocycles. The molecule has 174 valence electrons. The molecule has 8 nitrogen and oxygen atoms in total. The lowest BCUT2D eigenvalue weighted by atomic mass is 9.92. The Bertz CT molecular complexity index is 1190. The van der Waals surface area contributed by atoms with E-state index in [1.165, 1.54) is 20.0 Å². The van der Waals surface area contributed by atoms with Crippen molar-refractivity contribution in [1.82, 2.24) is 9.97 Å². The standard InChI is InChI=1S/C24H27ClN4O4/c1-24(13-32-2)23(31)28-19-12-27-21-17(9-10-26-21)20(19)29(24)22(30)16-8-7-15(11-18(16)25)33-14-5-3-4-6-14/h7-12,14,22,30H,3-6,13H2,1-2H3,(H,26,27)(H,28,31). The number of aliphatic hydroxyl groups excluding tert-OH is 1. The fourth-order valence-corrected chi connectivity index (χ4v) is 5.16. The molecular formula is C24H27ClN4O4. The van der Waals surface area contributed by atoms with Gasteiger partial charge in [0.1, 0.15) is 16.9 Å². The molecule has 3 aromatic rings. The highest BCUT2D eigenvalue weighted by Crippen LogP contribution is 2.46. The summed E-state index contributed by atoms with van der Waals surface area (Å²) in [5.41, 5.74) is 1.08. The molecule has 9 heteroatoms. The van der Waals surface area contributed by atoms with Crippen LogP contribution in [-0.2, 0) is 9.53 Å². The van der Waals surface area contributed by atoms with Crippen LogP contribution in [0.2, 0.25) is 5.02 Å². The van der Waals surface area contributed by atoms with Gasteiger partial charge in [0.15, 0.2) is 6.23 Å². The number of carbonyl (C=O) groups is 1. The maximum absolute atomic E-state index is 13.2. The first kappa shape index (κ1) is 22.0. The number of hydrogen-bond donors (Lipinski definition) is 3. The maximum atomic E-state index is 13.2. The van der Waals surface area contributed by atoms with Crippen LogP contribution in [0.3, 0.4) is 0 Å². The van der Waals surface area contributed by atoms with E-state index in [9.17, 15) is 9.90 Å². The minimum Gasteiger partial charge on any atom is -0.490 e. The number of rotatable bonds is 6. The molecule has 1 amide bonds. The summed E-state index contributed by atoms with van der Waals surface area (Å²) in [5, 5.41) is 15.7. The van der Waals surface area contributed by atoms with E-state index in [-0.39, 0.29) is 18.6 Å². The van der Waals surface area contributed by atoms with Crippen molar-refractivity contribution in [3.8, 4) is 5.75 Å². The number of benzene rings is 1. The van der Waals surface area contributed by atoms with Gasteiger partial charge in [0, 0.05) is 24.3 Å². The quantitative estimate of drug-likeness (QED) is 0.494. The Kier molecular flexibility index (Phi) is 5.68. The monoisotopic (exact) mass is 470 g/mol. The highest BCUT2D eigenvalue weighted by Gasteiger charge is 2.48. The summed E-state index contributed by atoms with van der Waals surface area (Å²) in [4.78, 5) is 22.3. The molecule has 2 atom stereocenters. The number of pyridine rings is 1. The first-order valence-electron chi connectivity index (χ1n) is 11.1. The van der Waals surface area contributed by atoms with Crippen molar-refractivity contribution >= 4 is 39.9 Å². The second-order valence-electron chi connectivity index (χ2n) is 8.87. The summed E-state index contributed by atoms with van der Waals surface area (Å²) in [6.45, 7) is 1.80. The van der Waals surface area contributed by atoms with Gasteiger partial charge >= 0.3 is 0 Å². The first-order chi connectivity index (χ1) is 15.9. The number of aromatic amines is 1. The third-order valence-electron chi connectivity index (χ3n) is 6.59. The van der Waals surface area contributed by atoms with Crippen LogP contribution < -0.4 is 15.0 Å². The molecule has 1 saturated carbocycles. The average Bonchev–Trinajstić information content (AvgIpc) is 3.46. The lowest BCUT2D eigenvalue weighted by Gasteiger charge is -2.47. The number of H-pyrrole nitrogens is 1. The number of nitrogens with one attached hydrogen (secondary N) is 2. The summed E-state index contributed by atoms with van der Waals surface area (Å²) in [6, 6.07) is 7.17. The van der Waals surface area contributed by atoms with Crippen molar-refractivity contribution in [3.63, 3.8) is 0 Å². The number of carbonyl (C=O) groups excluding carboxylic acids is 1. The van der Waals surface area contributed by atoms with Gasteiger partial charge in [-0.25, -0.2) is 4.98 Å². The number of aromatic nitrogens is 2. The molecule has 5 rings (SSSR count). The fourth-order valence-electron chi connectivity index (χ4n) is 4.89. The topological polar surface area (TPSA) is 99.7 Å². The first-order valence-corrected chi connectivity index (χ1v) is 11.5. The normalized spacial score (nSPS) is 21.8. The predicted molar refractivity (Wildman–Crippen MR) is 127 cm³/mol. The van der Waals surface area contributed by atoms with Crippen LogP contribution in [0, 0.1) is 0 Å². The van der Waals surface area contributed by atoms with Gasteiger partial charge in [0.2, 0.25) is 0 Å². The van der Waals surface area contributed by atoms with Crippen molar-refractivity contribution in [3.05, 3.63) is 47.2 Å². The SMILES string of the molecule is COCC1(C)C(=O)Nc2cnc3[nH]ccc3c2N1C(O)c1ccc(OC2CCCC2)cc1Cl. The summed E-state index contributed by atoms with van der Waals surface area (Å²) in [6.07, 6.45) is 6.76. The predicted octanol–water partition coefficient (Wildman–Crippen LogP) is 4.39. The number of fused-ring (bicyclic) bond motifs is 3. The molecule has 1 fully saturated rings. The van der Waals surface area contributed by atoms with Crippen LogP contribution in [0.15, 0.2) is 36.7 Å². The summed E-state index contributed by atoms with van der Waals surface area (Å²) in [5.74, 6) is 0.376. The lowest BCUT2D eigenvalue weighted by Crippen LogP contribution is -2.61. The number of nitrogens with zero attached hydrogens (tertiary/aromatic N) is 2. The van der Waals surface area contributed by atoms with Crippen LogP contribution in [0.5, 0.6) is 5.75 Å². The molecule has 2 aliphatic rings. The number of ether oxygens (including phenoxy) is 2. The highest BCUT2D eigenvalue weighted by molar-refractivity contribution is 6.31. The van der Waals surface area contributed by atoms with Gasteiger partial charge in [-0.05, 0) is 56.9 Å². The molecule has 0 bridgehead atoms. The van der Waals surface area contributed by atoms with E-state index in [1.807, 2.05) is 12.1 Å². The average molecular weight is 471 g/mol. The number of hydrogen-bond acceptors (Lipinski definition) is 6. The van der Waals surface area contributed by atoms with Gasteiger partial charge < -0.3 is 29.8 Å². The number of anilines is 2. The third kappa shape index (κ3) is 3.72. The lowest BCUT2D eigenvalue weighted by molar-refractivity contribution is -0.124. The molecule has 1 aliphatic carbocycles. The minimum atomic E-state index is -1.22. The van der Waals surface area contributed by atoms with Gasteiger partial charge in [0.05, 0.1) is 35.3 Å². The molecule has 33 heavy (non-hydrogen) atoms. The van der Waals surface area contributed by atoms with Crippen LogP contribution in [-0.4, -0.2) is 46.3 Å². The Morgan fingerprint density at radius 1 is 1.33 bits per heavy atom. The highest BCUT2D eigenvalue weighted by atomic mass is 35.5. The molecule has 2 unspecified atom stereocenters. The van der Waals surface area contributed by atoms with E-state index in [0.29, 0.717) is 33.4 Å². The van der Waals surface area contributed by atoms with E-state index >= 15 is 0 Å². The minimum absolute atomic E-state index is 0.0596. The Morgan fingerprint density at radius 2 is 2.12 bits per heavy atom. The molecule has 2 aromatic heterocycles. The third-order valence-corrected chi connectivity index (χ3v) is 6.92. The van der Waals surface area contributed by atoms with E-state index in [0.717, 1.165) is 18.2 Å². The number of methoxy groups -OCH3 is 1. The number of halogens is 1. The van der Waals surface area contributed by atoms with Crippen molar-refractivity contribution in [2.45, 2.75) is 50.5 Å². The fraction of sp³-hybridized carbons (Fsp3) is 0.417. The molecule has 1 aromatic carbocycles. The van der Waals surface area contributed by atoms with Crippen molar-refractivity contribution in [2.24, 2.45) is 0 Å². The number of amides is 1. The van der Waals surface area contributed by atoms with Gasteiger partial charge in [-0.2, -0.15) is 0 Å². The van der Waals surface area contributed by atoms with E-state index < -0.39 is 11.8 Å². The zero-order valence-electron chi connectivity index (χ0n) is 18.6. The summed E-state index contributed by atoms with van der Waals surface area (Å²) < 4.78 is 11.5. The van der Waals surface area contributed by atoms with Crippen molar-refractivity contribution in [2.75, 3.05) is 23.9 Å². The summed E-state index contributed by atoms with van der Waals surface area (Å²) >= 11 is 6.64. The van der Waals surface area contributed by atoms with Crippen molar-refractivity contribution in [1.29, 1.82) is 0 Å². The van der Waals surface area contributed by atoms with Crippen LogP contribution in [0.1, 0.15) is 44.4 Å².